The Morgan fingerprint density at radius 3 is 2.77 bits per heavy atom. The molecule has 3 aliphatic rings. The topological polar surface area (TPSA) is 79.2 Å². The lowest BCUT2D eigenvalue weighted by Gasteiger charge is -2.40. The number of halogens is 1. The van der Waals surface area contributed by atoms with E-state index in [9.17, 15) is 15.3 Å². The van der Waals surface area contributed by atoms with Crippen LogP contribution < -0.4 is 0 Å². The molecule has 0 bridgehead atoms. The van der Waals surface area contributed by atoms with E-state index in [1.807, 2.05) is 29.5 Å². The second kappa shape index (κ2) is 8.61. The fourth-order valence-electron chi connectivity index (χ4n) is 4.96. The number of thioether (sulfide) groups is 1. The number of ether oxygens (including phenoxy) is 2. The van der Waals surface area contributed by atoms with Gasteiger partial charge < -0.3 is 24.8 Å². The van der Waals surface area contributed by atoms with Crippen LogP contribution >= 0.6 is 34.7 Å². The molecule has 8 heteroatoms. The second-order valence-electron chi connectivity index (χ2n) is 8.81. The van der Waals surface area contributed by atoms with E-state index in [0.717, 1.165) is 30.8 Å². The van der Waals surface area contributed by atoms with Gasteiger partial charge in [0.05, 0.1) is 6.61 Å². The van der Waals surface area contributed by atoms with Crippen molar-refractivity contribution in [3.05, 3.63) is 56.2 Å². The van der Waals surface area contributed by atoms with Crippen LogP contribution in [0.15, 0.2) is 30.3 Å². The van der Waals surface area contributed by atoms with Crippen LogP contribution in [0.3, 0.4) is 0 Å². The number of hydrogen-bond acceptors (Lipinski definition) is 7. The van der Waals surface area contributed by atoms with Crippen molar-refractivity contribution < 1.29 is 24.8 Å². The summed E-state index contributed by atoms with van der Waals surface area (Å²) in [5.41, 5.74) is 1.43. The molecule has 7 atom stereocenters. The average molecular weight is 483 g/mol. The molecule has 1 saturated carbocycles. The normalized spacial score (nSPS) is 37.5. The Morgan fingerprint density at radius 1 is 1.16 bits per heavy atom. The van der Waals surface area contributed by atoms with Crippen LogP contribution in [0.4, 0.5) is 0 Å². The van der Waals surface area contributed by atoms with E-state index >= 15 is 0 Å². The van der Waals surface area contributed by atoms with Crippen molar-refractivity contribution in [3.63, 3.8) is 0 Å². The van der Waals surface area contributed by atoms with Gasteiger partial charge in [0.1, 0.15) is 29.9 Å². The van der Waals surface area contributed by atoms with E-state index < -0.39 is 29.9 Å². The molecular weight excluding hydrogens is 456 g/mol. The summed E-state index contributed by atoms with van der Waals surface area (Å²) in [6.45, 7) is 1.72. The summed E-state index contributed by atoms with van der Waals surface area (Å²) in [6, 6.07) is 10.0. The summed E-state index contributed by atoms with van der Waals surface area (Å²) in [6.07, 6.45) is 0.516. The van der Waals surface area contributed by atoms with Crippen LogP contribution in [0.25, 0.3) is 0 Å². The van der Waals surface area contributed by atoms with E-state index in [-0.39, 0.29) is 0 Å². The minimum atomic E-state index is -1.26. The first-order valence-corrected chi connectivity index (χ1v) is 13.1. The minimum absolute atomic E-state index is 0.330. The average Bonchev–Trinajstić information content (AvgIpc) is 3.35. The Morgan fingerprint density at radius 2 is 2.00 bits per heavy atom. The number of aliphatic hydroxyl groups excluding tert-OH is 3. The number of fused-ring (bicyclic) bond motifs is 1. The fourth-order valence-corrected chi connectivity index (χ4v) is 7.16. The molecule has 1 aromatic carbocycles. The molecule has 2 aromatic rings. The molecule has 5 nitrogen and oxygen atoms in total. The molecule has 2 aliphatic heterocycles. The first-order valence-electron chi connectivity index (χ1n) is 10.6. The Bertz CT molecular complexity index is 950. The van der Waals surface area contributed by atoms with Gasteiger partial charge in [-0.2, -0.15) is 0 Å². The maximum absolute atomic E-state index is 10.5. The molecule has 1 aliphatic carbocycles. The first-order chi connectivity index (χ1) is 14.9. The third-order valence-corrected chi connectivity index (χ3v) is 9.49. The van der Waals surface area contributed by atoms with Gasteiger partial charge in [-0.1, -0.05) is 23.7 Å². The molecule has 168 valence electrons. The summed E-state index contributed by atoms with van der Waals surface area (Å²) < 4.78 is 11.5. The SMILES string of the molecule is CS[C@H]1O[C@@H](c2ccc(Cl)c(Cc3ccc([C@@]45CCOC[C@@H]4C5)s3)c2)[C@H](O)[C@@H](O)[C@@H]1O. The highest BCUT2D eigenvalue weighted by atomic mass is 35.5. The molecule has 3 heterocycles. The van der Waals surface area contributed by atoms with Crippen molar-refractivity contribution in [2.45, 2.75) is 54.5 Å². The van der Waals surface area contributed by atoms with Crippen LogP contribution in [-0.2, 0) is 21.3 Å². The zero-order valence-corrected chi connectivity index (χ0v) is 19.6. The van der Waals surface area contributed by atoms with Gasteiger partial charge in [0.15, 0.2) is 0 Å². The van der Waals surface area contributed by atoms with Crippen molar-refractivity contribution in [1.29, 1.82) is 0 Å². The molecule has 0 radical (unpaired) electrons. The van der Waals surface area contributed by atoms with Gasteiger partial charge >= 0.3 is 0 Å². The van der Waals surface area contributed by atoms with Gasteiger partial charge in [0.2, 0.25) is 0 Å². The van der Waals surface area contributed by atoms with Crippen molar-refractivity contribution in [2.75, 3.05) is 19.5 Å². The van der Waals surface area contributed by atoms with E-state index in [4.69, 9.17) is 21.1 Å². The van der Waals surface area contributed by atoms with E-state index in [0.29, 0.717) is 22.8 Å². The summed E-state index contributed by atoms with van der Waals surface area (Å²) in [5, 5.41) is 31.6. The highest BCUT2D eigenvalue weighted by Gasteiger charge is 2.57. The van der Waals surface area contributed by atoms with Gasteiger partial charge in [0, 0.05) is 33.2 Å². The zero-order valence-electron chi connectivity index (χ0n) is 17.2. The van der Waals surface area contributed by atoms with E-state index in [2.05, 4.69) is 12.1 Å². The number of rotatable bonds is 5. The number of hydrogen-bond donors (Lipinski definition) is 3. The van der Waals surface area contributed by atoms with Crippen LogP contribution in [0.5, 0.6) is 0 Å². The molecule has 2 saturated heterocycles. The Kier molecular flexibility index (Phi) is 6.16. The monoisotopic (exact) mass is 482 g/mol. The molecular formula is C23H27ClO5S2. The Hall–Kier alpha value is -0.640. The third kappa shape index (κ3) is 3.97. The van der Waals surface area contributed by atoms with Gasteiger partial charge in [0.25, 0.3) is 0 Å². The molecule has 0 unspecified atom stereocenters. The molecule has 3 N–H and O–H groups in total. The lowest BCUT2D eigenvalue weighted by atomic mass is 9.93. The van der Waals surface area contributed by atoms with Crippen LogP contribution in [0.1, 0.15) is 39.8 Å². The van der Waals surface area contributed by atoms with Gasteiger partial charge in [-0.15, -0.1) is 23.1 Å². The van der Waals surface area contributed by atoms with Gasteiger partial charge in [-0.05, 0) is 54.3 Å². The molecule has 3 fully saturated rings. The largest absolute Gasteiger partial charge is 0.387 e. The summed E-state index contributed by atoms with van der Waals surface area (Å²) in [7, 11) is 0. The predicted molar refractivity (Wildman–Crippen MR) is 123 cm³/mol. The smallest absolute Gasteiger partial charge is 0.132 e. The summed E-state index contributed by atoms with van der Waals surface area (Å²) in [4.78, 5) is 2.71. The maximum Gasteiger partial charge on any atom is 0.132 e. The fraction of sp³-hybridized carbons (Fsp3) is 0.565. The second-order valence-corrected chi connectivity index (χ2v) is 11.3. The van der Waals surface area contributed by atoms with E-state index in [1.54, 1.807) is 6.26 Å². The first kappa shape index (κ1) is 22.2. The molecule has 1 aromatic heterocycles. The summed E-state index contributed by atoms with van der Waals surface area (Å²) in [5.74, 6) is 0.663. The van der Waals surface area contributed by atoms with Crippen molar-refractivity contribution >= 4 is 34.7 Å². The molecule has 31 heavy (non-hydrogen) atoms. The quantitative estimate of drug-likeness (QED) is 0.605. The minimum Gasteiger partial charge on any atom is -0.387 e. The van der Waals surface area contributed by atoms with Crippen LogP contribution in [0, 0.1) is 5.92 Å². The number of benzene rings is 1. The van der Waals surface area contributed by atoms with Gasteiger partial charge in [-0.25, -0.2) is 0 Å². The number of thiophene rings is 1. The Balaban J connectivity index is 1.36. The van der Waals surface area contributed by atoms with E-state index in [1.165, 1.54) is 27.9 Å². The van der Waals surface area contributed by atoms with Gasteiger partial charge in [-0.3, -0.25) is 0 Å². The molecule has 5 rings (SSSR count). The third-order valence-electron chi connectivity index (χ3n) is 6.96. The lowest BCUT2D eigenvalue weighted by molar-refractivity contribution is -0.200. The summed E-state index contributed by atoms with van der Waals surface area (Å²) >= 11 is 9.68. The lowest BCUT2D eigenvalue weighted by Crippen LogP contribution is -2.52. The maximum atomic E-state index is 10.5. The standard InChI is InChI=1S/C23H27ClO5S2/c1-30-22-20(27)18(25)19(26)21(29-22)12-2-4-16(24)13(8-12)9-15-3-5-17(31-15)23-6-7-28-11-14(23)10-23/h2-5,8,14,18-22,25-27H,6-7,9-11H2,1H3/t14-,18+,19+,20-,21-,22+,23+/m0/s1. The zero-order chi connectivity index (χ0) is 21.8. The van der Waals surface area contributed by atoms with Crippen LogP contribution in [-0.4, -0.2) is 58.5 Å². The van der Waals surface area contributed by atoms with Crippen LogP contribution in [0.2, 0.25) is 5.02 Å². The van der Waals surface area contributed by atoms with Crippen molar-refractivity contribution in [3.8, 4) is 0 Å². The predicted octanol–water partition coefficient (Wildman–Crippen LogP) is 3.51. The molecule has 0 amide bonds. The number of aliphatic hydroxyl groups is 3. The highest BCUT2D eigenvalue weighted by molar-refractivity contribution is 7.99. The molecule has 0 spiro atoms. The Labute approximate surface area is 195 Å². The highest BCUT2D eigenvalue weighted by Crippen LogP contribution is 2.60. The van der Waals surface area contributed by atoms with Crippen molar-refractivity contribution in [1.82, 2.24) is 0 Å². The van der Waals surface area contributed by atoms with Crippen molar-refractivity contribution in [2.24, 2.45) is 5.92 Å².